The number of esters is 2. The minimum atomic E-state index is -1.25. The van der Waals surface area contributed by atoms with Crippen molar-refractivity contribution in [3.05, 3.63) is 6.42 Å². The molecule has 2 unspecified atom stereocenters. The van der Waals surface area contributed by atoms with E-state index in [4.69, 9.17) is 10.5 Å². The Morgan fingerprint density at radius 3 is 1.65 bits per heavy atom. The average Bonchev–Trinajstić information content (AvgIpc) is 2.31. The lowest BCUT2D eigenvalue weighted by atomic mass is 9.96. The zero-order valence-electron chi connectivity index (χ0n) is 9.67. The normalized spacial score (nSPS) is 12.7. The minimum Gasteiger partial charge on any atom is -0.467 e. The van der Waals surface area contributed by atoms with Gasteiger partial charge in [0.15, 0.2) is 0 Å². The Morgan fingerprint density at radius 2 is 1.41 bits per heavy atom. The van der Waals surface area contributed by atoms with E-state index in [2.05, 4.69) is 9.47 Å². The van der Waals surface area contributed by atoms with E-state index < -0.39 is 23.8 Å². The van der Waals surface area contributed by atoms with Crippen molar-refractivity contribution >= 4 is 11.9 Å². The van der Waals surface area contributed by atoms with Crippen LogP contribution in [0.4, 0.5) is 0 Å². The highest BCUT2D eigenvalue weighted by Crippen LogP contribution is 2.13. The van der Waals surface area contributed by atoms with Crippen LogP contribution < -0.4 is 0 Å². The molecule has 0 saturated carbocycles. The zero-order chi connectivity index (χ0) is 13.3. The molecular formula is C11H13N2O4-. The van der Waals surface area contributed by atoms with E-state index >= 15 is 0 Å². The first-order chi connectivity index (χ1) is 8.10. The van der Waals surface area contributed by atoms with Gasteiger partial charge in [0.25, 0.3) is 11.9 Å². The summed E-state index contributed by atoms with van der Waals surface area (Å²) in [4.78, 5) is 22.5. The Labute approximate surface area is 99.7 Å². The summed E-state index contributed by atoms with van der Waals surface area (Å²) in [5.74, 6) is -4.05. The number of rotatable bonds is 6. The molecule has 0 saturated heterocycles. The quantitative estimate of drug-likeness (QED) is 0.495. The van der Waals surface area contributed by atoms with E-state index in [0.29, 0.717) is 0 Å². The van der Waals surface area contributed by atoms with Crippen LogP contribution in [0, 0.1) is 40.9 Å². The molecule has 0 spiro atoms. The van der Waals surface area contributed by atoms with Crippen molar-refractivity contribution in [3.63, 3.8) is 0 Å². The maximum Gasteiger partial charge on any atom is 0.292 e. The summed E-state index contributed by atoms with van der Waals surface area (Å²) in [6, 6.07) is 3.32. The topological polar surface area (TPSA) is 100 Å². The third-order valence-corrected chi connectivity index (χ3v) is 1.74. The van der Waals surface area contributed by atoms with Gasteiger partial charge in [0.2, 0.25) is 0 Å². The van der Waals surface area contributed by atoms with Gasteiger partial charge in [-0.2, -0.15) is 0 Å². The van der Waals surface area contributed by atoms with Gasteiger partial charge < -0.3 is 9.47 Å². The van der Waals surface area contributed by atoms with Gasteiger partial charge in [-0.15, -0.1) is 0 Å². The van der Waals surface area contributed by atoms with Crippen LogP contribution >= 0.6 is 0 Å². The Balaban J connectivity index is 4.55. The highest BCUT2D eigenvalue weighted by atomic mass is 16.5. The van der Waals surface area contributed by atoms with Crippen LogP contribution in [-0.2, 0) is 19.1 Å². The summed E-state index contributed by atoms with van der Waals surface area (Å²) < 4.78 is 9.25. The lowest BCUT2D eigenvalue weighted by molar-refractivity contribution is -0.146. The van der Waals surface area contributed by atoms with Crippen LogP contribution in [0.3, 0.4) is 0 Å². The predicted molar refractivity (Wildman–Crippen MR) is 55.8 cm³/mol. The number of hydrogen-bond donors (Lipinski definition) is 0. The van der Waals surface area contributed by atoms with Crippen LogP contribution in [0.2, 0.25) is 0 Å². The summed E-state index contributed by atoms with van der Waals surface area (Å²) in [5.41, 5.74) is 0. The van der Waals surface area contributed by atoms with Crippen LogP contribution in [-0.4, -0.2) is 25.2 Å². The van der Waals surface area contributed by atoms with Crippen molar-refractivity contribution in [2.24, 2.45) is 11.8 Å². The number of nitrogens with zero attached hydrogens (tertiary/aromatic N) is 2. The molecule has 0 N–H and O–H groups in total. The van der Waals surface area contributed by atoms with E-state index in [-0.39, 0.29) is 13.2 Å². The Bertz CT molecular complexity index is 319. The SMILES string of the molecule is CCOC(=O)C(C#N)[CH-]C(C#N)C(=O)OCC. The van der Waals surface area contributed by atoms with E-state index in [9.17, 15) is 9.59 Å². The predicted octanol–water partition coefficient (Wildman–Crippen LogP) is 0.596. The molecule has 0 rings (SSSR count). The summed E-state index contributed by atoms with van der Waals surface area (Å²) in [5, 5.41) is 17.5. The smallest absolute Gasteiger partial charge is 0.292 e. The second-order valence-corrected chi connectivity index (χ2v) is 2.91. The molecule has 2 atom stereocenters. The highest BCUT2D eigenvalue weighted by molar-refractivity contribution is 5.81. The first-order valence-electron chi connectivity index (χ1n) is 5.08. The van der Waals surface area contributed by atoms with Gasteiger partial charge in [-0.1, -0.05) is 0 Å². The molecule has 6 heteroatoms. The highest BCUT2D eigenvalue weighted by Gasteiger charge is 2.19. The van der Waals surface area contributed by atoms with Crippen molar-refractivity contribution in [2.45, 2.75) is 13.8 Å². The molecule has 92 valence electrons. The standard InChI is InChI=1S/C11H13N2O4/c1-3-16-10(14)8(6-12)5-9(7-13)11(15)17-4-2/h5,8-9H,3-4H2,1-2H3/q-1. The van der Waals surface area contributed by atoms with E-state index in [1.165, 1.54) is 0 Å². The monoisotopic (exact) mass is 237 g/mol. The second-order valence-electron chi connectivity index (χ2n) is 2.91. The third kappa shape index (κ3) is 4.98. The Morgan fingerprint density at radius 1 is 1.06 bits per heavy atom. The number of nitriles is 2. The Hall–Kier alpha value is -2.08. The van der Waals surface area contributed by atoms with Gasteiger partial charge in [-0.05, 0) is 13.8 Å². The van der Waals surface area contributed by atoms with E-state index in [1.54, 1.807) is 26.0 Å². The second kappa shape index (κ2) is 8.12. The van der Waals surface area contributed by atoms with Crippen LogP contribution in [0.5, 0.6) is 0 Å². The summed E-state index contributed by atoms with van der Waals surface area (Å²) in [6.45, 7) is 3.45. The first kappa shape index (κ1) is 14.9. The third-order valence-electron chi connectivity index (χ3n) is 1.74. The molecule has 0 fully saturated rings. The molecule has 6 nitrogen and oxygen atoms in total. The van der Waals surface area contributed by atoms with Crippen molar-refractivity contribution in [3.8, 4) is 12.1 Å². The number of ether oxygens (including phenoxy) is 2. The van der Waals surface area contributed by atoms with Crippen LogP contribution in [0.1, 0.15) is 13.8 Å². The minimum absolute atomic E-state index is 0.126. The van der Waals surface area contributed by atoms with E-state index in [0.717, 1.165) is 6.42 Å². The summed E-state index contributed by atoms with van der Waals surface area (Å²) in [6.07, 6.45) is 1.02. The molecule has 0 aliphatic carbocycles. The first-order valence-corrected chi connectivity index (χ1v) is 5.08. The lowest BCUT2D eigenvalue weighted by Crippen LogP contribution is -2.25. The molecule has 0 aromatic heterocycles. The molecule has 0 aliphatic rings. The van der Waals surface area contributed by atoms with Gasteiger partial charge in [-0.25, -0.2) is 10.5 Å². The van der Waals surface area contributed by atoms with Crippen molar-refractivity contribution in [1.82, 2.24) is 0 Å². The lowest BCUT2D eigenvalue weighted by Gasteiger charge is -2.20. The maximum absolute atomic E-state index is 11.3. The van der Waals surface area contributed by atoms with Gasteiger partial charge in [-0.3, -0.25) is 16.0 Å². The molecule has 0 amide bonds. The van der Waals surface area contributed by atoms with Gasteiger partial charge >= 0.3 is 0 Å². The molecule has 0 bridgehead atoms. The number of carbonyl (C=O) groups excluding carboxylic acids is 2. The summed E-state index contributed by atoms with van der Waals surface area (Å²) >= 11 is 0. The van der Waals surface area contributed by atoms with E-state index in [1.807, 2.05) is 0 Å². The largest absolute Gasteiger partial charge is 0.467 e. The van der Waals surface area contributed by atoms with Gasteiger partial charge in [0.1, 0.15) is 0 Å². The molecule has 0 aliphatic heterocycles. The molecule has 0 heterocycles. The van der Waals surface area contributed by atoms with Gasteiger partial charge in [0, 0.05) is 24.0 Å². The fourth-order valence-electron chi connectivity index (χ4n) is 1.01. The fraction of sp³-hybridized carbons (Fsp3) is 0.545. The molecule has 0 aromatic carbocycles. The zero-order valence-corrected chi connectivity index (χ0v) is 9.67. The van der Waals surface area contributed by atoms with Crippen molar-refractivity contribution in [2.75, 3.05) is 13.2 Å². The molecule has 17 heavy (non-hydrogen) atoms. The number of hydrogen-bond acceptors (Lipinski definition) is 6. The number of carbonyl (C=O) groups is 2. The maximum atomic E-state index is 11.3. The molecule has 0 radical (unpaired) electrons. The van der Waals surface area contributed by atoms with Crippen molar-refractivity contribution < 1.29 is 19.1 Å². The average molecular weight is 237 g/mol. The van der Waals surface area contributed by atoms with Crippen LogP contribution in [0.15, 0.2) is 0 Å². The molecular weight excluding hydrogens is 224 g/mol. The van der Waals surface area contributed by atoms with Crippen LogP contribution in [0.25, 0.3) is 0 Å². The van der Waals surface area contributed by atoms with Gasteiger partial charge in [0.05, 0.1) is 13.2 Å². The molecule has 0 aromatic rings. The van der Waals surface area contributed by atoms with Crippen molar-refractivity contribution in [1.29, 1.82) is 10.5 Å². The fourth-order valence-corrected chi connectivity index (χ4v) is 1.01. The Kier molecular flexibility index (Phi) is 7.12. The summed E-state index contributed by atoms with van der Waals surface area (Å²) in [7, 11) is 0.